The van der Waals surface area contributed by atoms with E-state index in [9.17, 15) is 9.59 Å². The van der Waals surface area contributed by atoms with Gasteiger partial charge in [-0.1, -0.05) is 13.3 Å². The quantitative estimate of drug-likeness (QED) is 0.825. The lowest BCUT2D eigenvalue weighted by Gasteiger charge is -1.97. The normalized spacial score (nSPS) is 10.8. The minimum Gasteiger partial charge on any atom is -0.461 e. The molecule has 0 saturated carbocycles. The van der Waals surface area contributed by atoms with Crippen molar-refractivity contribution >= 4 is 11.6 Å². The van der Waals surface area contributed by atoms with Gasteiger partial charge in [-0.15, -0.1) is 0 Å². The molecule has 96 valence electrons. The zero-order valence-electron chi connectivity index (χ0n) is 10.4. The van der Waals surface area contributed by atoms with Gasteiger partial charge in [-0.25, -0.2) is 14.3 Å². The molecule has 0 amide bonds. The fourth-order valence-corrected chi connectivity index (χ4v) is 1.74. The van der Waals surface area contributed by atoms with Gasteiger partial charge in [0, 0.05) is 17.8 Å². The van der Waals surface area contributed by atoms with Crippen molar-refractivity contribution < 1.29 is 9.53 Å². The lowest BCUT2D eigenvalue weighted by molar-refractivity contribution is 0.0519. The van der Waals surface area contributed by atoms with Crippen LogP contribution in [0.4, 0.5) is 0 Å². The Bertz CT molecular complexity index is 627. The summed E-state index contributed by atoms with van der Waals surface area (Å²) in [4.78, 5) is 27.7. The molecule has 0 aliphatic carbocycles. The van der Waals surface area contributed by atoms with Gasteiger partial charge in [-0.2, -0.15) is 0 Å². The van der Waals surface area contributed by atoms with Gasteiger partial charge >= 0.3 is 5.97 Å². The number of carbonyl (C=O) groups excluding carboxylic acids is 1. The maximum Gasteiger partial charge on any atom is 0.356 e. The number of H-pyrrole nitrogens is 1. The largest absolute Gasteiger partial charge is 0.461 e. The number of esters is 1. The fraction of sp³-hybridized carbons (Fsp3) is 0.417. The van der Waals surface area contributed by atoms with Crippen molar-refractivity contribution in [1.82, 2.24) is 14.6 Å². The molecule has 1 N–H and O–H groups in total. The molecule has 2 rings (SSSR count). The molecule has 0 spiro atoms. The number of hydrogen-bond donors (Lipinski definition) is 1. The highest BCUT2D eigenvalue weighted by molar-refractivity contribution is 5.88. The van der Waals surface area contributed by atoms with Gasteiger partial charge in [-0.3, -0.25) is 9.89 Å². The minimum absolute atomic E-state index is 0.223. The summed E-state index contributed by atoms with van der Waals surface area (Å²) in [7, 11) is 0. The predicted octanol–water partition coefficient (Wildman–Crippen LogP) is 1.15. The first kappa shape index (κ1) is 12.3. The third-order valence-corrected chi connectivity index (χ3v) is 2.50. The monoisotopic (exact) mass is 249 g/mol. The van der Waals surface area contributed by atoms with E-state index in [4.69, 9.17) is 4.74 Å². The summed E-state index contributed by atoms with van der Waals surface area (Å²) < 4.78 is 6.10. The molecule has 18 heavy (non-hydrogen) atoms. The summed E-state index contributed by atoms with van der Waals surface area (Å²) in [6.45, 7) is 4.03. The first-order chi connectivity index (χ1) is 8.65. The molecule has 0 aliphatic heterocycles. The van der Waals surface area contributed by atoms with E-state index in [1.165, 1.54) is 16.6 Å². The summed E-state index contributed by atoms with van der Waals surface area (Å²) in [6, 6.07) is 3.00. The summed E-state index contributed by atoms with van der Waals surface area (Å²) >= 11 is 0. The van der Waals surface area contributed by atoms with Crippen molar-refractivity contribution in [3.63, 3.8) is 0 Å². The van der Waals surface area contributed by atoms with Crippen LogP contribution in [-0.4, -0.2) is 27.2 Å². The molecule has 0 saturated heterocycles. The Kier molecular flexibility index (Phi) is 3.45. The first-order valence-electron chi connectivity index (χ1n) is 5.94. The van der Waals surface area contributed by atoms with Crippen molar-refractivity contribution in [2.75, 3.05) is 6.61 Å². The molecule has 2 heterocycles. The lowest BCUT2D eigenvalue weighted by atomic mass is 10.2. The Balaban J connectivity index is 2.47. The lowest BCUT2D eigenvalue weighted by Crippen LogP contribution is -2.16. The second-order valence-electron chi connectivity index (χ2n) is 3.92. The molecule has 6 nitrogen and oxygen atoms in total. The molecule has 0 atom stereocenters. The van der Waals surface area contributed by atoms with Crippen LogP contribution in [0.3, 0.4) is 0 Å². The second kappa shape index (κ2) is 5.03. The predicted molar refractivity (Wildman–Crippen MR) is 65.8 cm³/mol. The molecule has 0 unspecified atom stereocenters. The van der Waals surface area contributed by atoms with E-state index in [0.717, 1.165) is 18.5 Å². The van der Waals surface area contributed by atoms with Crippen LogP contribution in [0.15, 0.2) is 16.9 Å². The molecule has 0 aromatic carbocycles. The van der Waals surface area contributed by atoms with E-state index in [-0.39, 0.29) is 17.9 Å². The first-order valence-corrected chi connectivity index (χ1v) is 5.94. The summed E-state index contributed by atoms with van der Waals surface area (Å²) in [5.41, 5.74) is 1.18. The fourth-order valence-electron chi connectivity index (χ4n) is 1.74. The number of nitrogens with zero attached hydrogens (tertiary/aromatic N) is 2. The number of nitrogens with one attached hydrogen (secondary N) is 1. The van der Waals surface area contributed by atoms with E-state index in [0.29, 0.717) is 5.65 Å². The Labute approximate surface area is 104 Å². The van der Waals surface area contributed by atoms with Crippen LogP contribution >= 0.6 is 0 Å². The summed E-state index contributed by atoms with van der Waals surface area (Å²) in [5, 5.41) is 2.68. The standard InChI is InChI=1S/C12H15N3O3/c1-3-5-8-6-11(16)15-10(13-8)7-9(14-15)12(17)18-4-2/h6-7,14H,3-5H2,1-2H3. The Morgan fingerprint density at radius 1 is 1.44 bits per heavy atom. The highest BCUT2D eigenvalue weighted by atomic mass is 16.5. The molecule has 2 aromatic rings. The molecular weight excluding hydrogens is 234 g/mol. The van der Waals surface area contributed by atoms with Gasteiger partial charge in [0.2, 0.25) is 0 Å². The number of fused-ring (bicyclic) bond motifs is 1. The zero-order chi connectivity index (χ0) is 13.1. The highest BCUT2D eigenvalue weighted by Crippen LogP contribution is 2.05. The molecule has 0 aliphatic rings. The van der Waals surface area contributed by atoms with Gasteiger partial charge < -0.3 is 4.74 Å². The number of aromatic amines is 1. The van der Waals surface area contributed by atoms with Crippen LogP contribution in [-0.2, 0) is 11.2 Å². The van der Waals surface area contributed by atoms with Gasteiger partial charge in [-0.05, 0) is 13.3 Å². The third-order valence-electron chi connectivity index (χ3n) is 2.50. The highest BCUT2D eigenvalue weighted by Gasteiger charge is 2.12. The van der Waals surface area contributed by atoms with Crippen LogP contribution in [0.2, 0.25) is 0 Å². The Morgan fingerprint density at radius 2 is 2.22 bits per heavy atom. The van der Waals surface area contributed by atoms with Crippen LogP contribution in [0.5, 0.6) is 0 Å². The van der Waals surface area contributed by atoms with Gasteiger partial charge in [0.1, 0.15) is 5.69 Å². The van der Waals surface area contributed by atoms with E-state index in [1.54, 1.807) is 6.92 Å². The topological polar surface area (TPSA) is 76.5 Å². The van der Waals surface area contributed by atoms with Crippen LogP contribution in [0, 0.1) is 0 Å². The maximum absolute atomic E-state index is 11.8. The number of ether oxygens (including phenoxy) is 1. The minimum atomic E-state index is -0.487. The number of carbonyl (C=O) groups is 1. The smallest absolute Gasteiger partial charge is 0.356 e. The average molecular weight is 249 g/mol. The number of rotatable bonds is 4. The van der Waals surface area contributed by atoms with E-state index >= 15 is 0 Å². The zero-order valence-corrected chi connectivity index (χ0v) is 10.4. The Hall–Kier alpha value is -2.11. The van der Waals surface area contributed by atoms with Crippen molar-refractivity contribution in [2.24, 2.45) is 0 Å². The van der Waals surface area contributed by atoms with Gasteiger partial charge in [0.25, 0.3) is 5.56 Å². The SMILES string of the molecule is CCCc1cc(=O)n2[nH]c(C(=O)OCC)cc2n1. The molecule has 0 bridgehead atoms. The van der Waals surface area contributed by atoms with Crippen molar-refractivity contribution in [3.05, 3.63) is 33.9 Å². The Morgan fingerprint density at radius 3 is 2.89 bits per heavy atom. The van der Waals surface area contributed by atoms with E-state index in [2.05, 4.69) is 10.1 Å². The number of hydrogen-bond acceptors (Lipinski definition) is 4. The third kappa shape index (κ3) is 2.27. The van der Waals surface area contributed by atoms with E-state index < -0.39 is 5.97 Å². The maximum atomic E-state index is 11.8. The van der Waals surface area contributed by atoms with Gasteiger partial charge in [0.15, 0.2) is 5.65 Å². The molecule has 2 aromatic heterocycles. The van der Waals surface area contributed by atoms with Gasteiger partial charge in [0.05, 0.1) is 6.61 Å². The molecule has 0 fully saturated rings. The molecular formula is C12H15N3O3. The second-order valence-corrected chi connectivity index (χ2v) is 3.92. The number of aromatic nitrogens is 3. The average Bonchev–Trinajstić information content (AvgIpc) is 2.74. The van der Waals surface area contributed by atoms with Crippen LogP contribution in [0.1, 0.15) is 36.5 Å². The molecule has 6 heteroatoms. The van der Waals surface area contributed by atoms with Crippen molar-refractivity contribution in [2.45, 2.75) is 26.7 Å². The molecule has 0 radical (unpaired) electrons. The van der Waals surface area contributed by atoms with Crippen molar-refractivity contribution in [3.8, 4) is 0 Å². The van der Waals surface area contributed by atoms with Crippen LogP contribution in [0.25, 0.3) is 5.65 Å². The van der Waals surface area contributed by atoms with Crippen LogP contribution < -0.4 is 5.56 Å². The summed E-state index contributed by atoms with van der Waals surface area (Å²) in [5.74, 6) is -0.487. The number of aryl methyl sites for hydroxylation is 1. The van der Waals surface area contributed by atoms with Crippen molar-refractivity contribution in [1.29, 1.82) is 0 Å². The summed E-state index contributed by atoms with van der Waals surface area (Å²) in [6.07, 6.45) is 1.66. The van der Waals surface area contributed by atoms with E-state index in [1.807, 2.05) is 6.92 Å².